The summed E-state index contributed by atoms with van der Waals surface area (Å²) in [5.41, 5.74) is 6.42. The second kappa shape index (κ2) is 6.26. The quantitative estimate of drug-likeness (QED) is 0.615. The molecule has 110 valence electrons. The Labute approximate surface area is 131 Å². The molecule has 0 amide bonds. The van der Waals surface area contributed by atoms with Crippen molar-refractivity contribution in [3.8, 4) is 11.5 Å². The summed E-state index contributed by atoms with van der Waals surface area (Å²) < 4.78 is 20.6. The summed E-state index contributed by atoms with van der Waals surface area (Å²) in [4.78, 5) is 0. The molecule has 2 aromatic rings. The number of benzene rings is 2. The fraction of sp³-hybridized carbons (Fsp3) is 0.188. The van der Waals surface area contributed by atoms with Gasteiger partial charge in [-0.15, -0.1) is 0 Å². The lowest BCUT2D eigenvalue weighted by atomic mass is 10.0. The second-order valence-electron chi connectivity index (χ2n) is 4.97. The van der Waals surface area contributed by atoms with Crippen LogP contribution < -0.4 is 10.5 Å². The van der Waals surface area contributed by atoms with Gasteiger partial charge >= 0.3 is 0 Å². The van der Waals surface area contributed by atoms with Crippen molar-refractivity contribution >= 4 is 21.8 Å². The lowest BCUT2D eigenvalue weighted by molar-refractivity contribution is 0.466. The van der Waals surface area contributed by atoms with Gasteiger partial charge in [0.1, 0.15) is 23.2 Å². The van der Waals surface area contributed by atoms with Gasteiger partial charge in [-0.05, 0) is 41.8 Å². The van der Waals surface area contributed by atoms with E-state index in [1.165, 1.54) is 12.1 Å². The van der Waals surface area contributed by atoms with Gasteiger partial charge in [-0.1, -0.05) is 35.8 Å². The maximum absolute atomic E-state index is 13.8. The molecule has 2 aromatic carbocycles. The molecule has 0 radical (unpaired) electrons. The number of nitrogens with one attached hydrogen (secondary N) is 1. The molecule has 0 heterocycles. The minimum absolute atomic E-state index is 0.0184. The van der Waals surface area contributed by atoms with E-state index in [-0.39, 0.29) is 23.1 Å². The first-order valence-electron chi connectivity index (χ1n) is 6.50. The highest BCUT2D eigenvalue weighted by Gasteiger charge is 2.16. The largest absolute Gasteiger partial charge is 0.456 e. The third-order valence-electron chi connectivity index (χ3n) is 3.06. The van der Waals surface area contributed by atoms with Crippen LogP contribution in [0.1, 0.15) is 30.9 Å². The number of amidine groups is 1. The minimum Gasteiger partial charge on any atom is -0.456 e. The van der Waals surface area contributed by atoms with E-state index in [0.717, 1.165) is 10.0 Å². The average molecular weight is 351 g/mol. The van der Waals surface area contributed by atoms with Crippen LogP contribution in [0, 0.1) is 11.2 Å². The van der Waals surface area contributed by atoms with Gasteiger partial charge in [0.25, 0.3) is 0 Å². The standard InChI is InChI=1S/C16H16BrFN2O/c1-9(2)11-8-10(17)6-7-13(11)21-14-5-3-4-12(18)15(14)16(19)20/h3-9H,1-2H3,(H3,19,20). The molecule has 0 aliphatic carbocycles. The van der Waals surface area contributed by atoms with Crippen LogP contribution in [0.15, 0.2) is 40.9 Å². The molecule has 0 unspecified atom stereocenters. The molecule has 21 heavy (non-hydrogen) atoms. The minimum atomic E-state index is -0.566. The Hall–Kier alpha value is -1.88. The van der Waals surface area contributed by atoms with Crippen molar-refractivity contribution in [1.82, 2.24) is 0 Å². The highest BCUT2D eigenvalue weighted by Crippen LogP contribution is 2.34. The third-order valence-corrected chi connectivity index (χ3v) is 3.55. The molecule has 3 nitrogen and oxygen atoms in total. The van der Waals surface area contributed by atoms with E-state index in [1.54, 1.807) is 6.07 Å². The van der Waals surface area contributed by atoms with Gasteiger partial charge in [-0.3, -0.25) is 5.41 Å². The van der Waals surface area contributed by atoms with E-state index in [2.05, 4.69) is 15.9 Å². The molecule has 0 atom stereocenters. The zero-order valence-corrected chi connectivity index (χ0v) is 13.4. The fourth-order valence-corrected chi connectivity index (χ4v) is 2.41. The highest BCUT2D eigenvalue weighted by atomic mass is 79.9. The fourth-order valence-electron chi connectivity index (χ4n) is 2.03. The van der Waals surface area contributed by atoms with Crippen LogP contribution in [0.4, 0.5) is 4.39 Å². The second-order valence-corrected chi connectivity index (χ2v) is 5.88. The van der Waals surface area contributed by atoms with Crippen molar-refractivity contribution in [2.45, 2.75) is 19.8 Å². The summed E-state index contributed by atoms with van der Waals surface area (Å²) in [6, 6.07) is 10.0. The average Bonchev–Trinajstić information content (AvgIpc) is 2.40. The van der Waals surface area contributed by atoms with Crippen LogP contribution in [-0.2, 0) is 0 Å². The Morgan fingerprint density at radius 2 is 1.95 bits per heavy atom. The summed E-state index contributed by atoms with van der Waals surface area (Å²) in [6.45, 7) is 4.10. The van der Waals surface area contributed by atoms with Crippen molar-refractivity contribution in [1.29, 1.82) is 5.41 Å². The molecular formula is C16H16BrFN2O. The maximum Gasteiger partial charge on any atom is 0.141 e. The lowest BCUT2D eigenvalue weighted by Gasteiger charge is -2.16. The molecule has 2 rings (SSSR count). The third kappa shape index (κ3) is 3.42. The van der Waals surface area contributed by atoms with Crippen molar-refractivity contribution in [2.75, 3.05) is 0 Å². The first-order chi connectivity index (χ1) is 9.90. The summed E-state index contributed by atoms with van der Waals surface area (Å²) in [5, 5.41) is 7.51. The van der Waals surface area contributed by atoms with Crippen LogP contribution in [0.25, 0.3) is 0 Å². The predicted octanol–water partition coefficient (Wildman–Crippen LogP) is 4.79. The summed E-state index contributed by atoms with van der Waals surface area (Å²) in [5.74, 6) is 0.189. The molecule has 3 N–H and O–H groups in total. The number of nitrogen functional groups attached to an aromatic ring is 1. The molecule has 0 fully saturated rings. The molecule has 0 aromatic heterocycles. The van der Waals surface area contributed by atoms with Gasteiger partial charge in [0.05, 0.1) is 5.56 Å². The first kappa shape index (κ1) is 15.5. The summed E-state index contributed by atoms with van der Waals surface area (Å²) in [7, 11) is 0. The normalized spacial score (nSPS) is 10.7. The van der Waals surface area contributed by atoms with E-state index >= 15 is 0 Å². The molecule has 5 heteroatoms. The Morgan fingerprint density at radius 1 is 1.24 bits per heavy atom. The maximum atomic E-state index is 13.8. The number of hydrogen-bond acceptors (Lipinski definition) is 2. The van der Waals surface area contributed by atoms with Crippen molar-refractivity contribution in [3.63, 3.8) is 0 Å². The van der Waals surface area contributed by atoms with Crippen molar-refractivity contribution in [3.05, 3.63) is 57.8 Å². The van der Waals surface area contributed by atoms with Crippen LogP contribution in [0.3, 0.4) is 0 Å². The molecule has 0 spiro atoms. The monoisotopic (exact) mass is 350 g/mol. The van der Waals surface area contributed by atoms with Crippen LogP contribution >= 0.6 is 15.9 Å². The van der Waals surface area contributed by atoms with Crippen LogP contribution in [-0.4, -0.2) is 5.84 Å². The Balaban J connectivity index is 2.49. The van der Waals surface area contributed by atoms with Crippen molar-refractivity contribution in [2.24, 2.45) is 5.73 Å². The van der Waals surface area contributed by atoms with E-state index in [9.17, 15) is 4.39 Å². The van der Waals surface area contributed by atoms with Gasteiger partial charge in [0, 0.05) is 4.47 Å². The Kier molecular flexibility index (Phi) is 4.63. The first-order valence-corrected chi connectivity index (χ1v) is 7.29. The smallest absolute Gasteiger partial charge is 0.141 e. The summed E-state index contributed by atoms with van der Waals surface area (Å²) in [6.07, 6.45) is 0. The van der Waals surface area contributed by atoms with E-state index < -0.39 is 5.82 Å². The van der Waals surface area contributed by atoms with E-state index in [4.69, 9.17) is 15.9 Å². The van der Waals surface area contributed by atoms with Crippen LogP contribution in [0.5, 0.6) is 11.5 Å². The lowest BCUT2D eigenvalue weighted by Crippen LogP contribution is -2.14. The molecule has 0 bridgehead atoms. The number of ether oxygens (including phenoxy) is 1. The molecule has 0 saturated carbocycles. The topological polar surface area (TPSA) is 59.1 Å². The Bertz CT molecular complexity index is 686. The molecular weight excluding hydrogens is 335 g/mol. The van der Waals surface area contributed by atoms with Gasteiger partial charge in [0.2, 0.25) is 0 Å². The number of halogens is 2. The number of hydrogen-bond donors (Lipinski definition) is 2. The zero-order chi connectivity index (χ0) is 15.6. The van der Waals surface area contributed by atoms with Gasteiger partial charge in [-0.25, -0.2) is 4.39 Å². The predicted molar refractivity (Wildman–Crippen MR) is 85.7 cm³/mol. The molecule has 0 saturated heterocycles. The SMILES string of the molecule is CC(C)c1cc(Br)ccc1Oc1cccc(F)c1C(=N)N. The van der Waals surface area contributed by atoms with E-state index in [1.807, 2.05) is 32.0 Å². The van der Waals surface area contributed by atoms with Gasteiger partial charge < -0.3 is 10.5 Å². The molecule has 0 aliphatic rings. The number of nitrogens with two attached hydrogens (primary N) is 1. The molecule has 0 aliphatic heterocycles. The zero-order valence-electron chi connectivity index (χ0n) is 11.8. The van der Waals surface area contributed by atoms with Gasteiger partial charge in [-0.2, -0.15) is 0 Å². The van der Waals surface area contributed by atoms with E-state index in [0.29, 0.717) is 5.75 Å². The van der Waals surface area contributed by atoms with Crippen molar-refractivity contribution < 1.29 is 9.13 Å². The van der Waals surface area contributed by atoms with Crippen LogP contribution in [0.2, 0.25) is 0 Å². The van der Waals surface area contributed by atoms with Gasteiger partial charge in [0.15, 0.2) is 0 Å². The summed E-state index contributed by atoms with van der Waals surface area (Å²) >= 11 is 3.43. The highest BCUT2D eigenvalue weighted by molar-refractivity contribution is 9.10. The Morgan fingerprint density at radius 3 is 2.57 bits per heavy atom. The number of rotatable bonds is 4.